The van der Waals surface area contributed by atoms with Gasteiger partial charge in [0.2, 0.25) is 11.7 Å². The predicted octanol–water partition coefficient (Wildman–Crippen LogP) is 4.07. The highest BCUT2D eigenvalue weighted by Crippen LogP contribution is 2.18. The van der Waals surface area contributed by atoms with Crippen molar-refractivity contribution in [2.24, 2.45) is 4.99 Å². The SMILES string of the molecule is CCCCCCCC/C=C/CC1=NCC[N+]1(CC)CCNC(C)=O. The second-order valence-electron chi connectivity index (χ2n) is 6.92. The predicted molar refractivity (Wildman–Crippen MR) is 103 cm³/mol. The molecule has 1 atom stereocenters. The van der Waals surface area contributed by atoms with Crippen molar-refractivity contribution in [2.75, 3.05) is 32.7 Å². The van der Waals surface area contributed by atoms with Crippen molar-refractivity contribution >= 4 is 11.7 Å². The maximum atomic E-state index is 11.1. The number of unbranched alkanes of at least 4 members (excludes halogenated alkanes) is 6. The van der Waals surface area contributed by atoms with E-state index in [0.29, 0.717) is 0 Å². The quantitative estimate of drug-likeness (QED) is 0.307. The molecule has 0 fully saturated rings. The lowest BCUT2D eigenvalue weighted by Gasteiger charge is -2.33. The summed E-state index contributed by atoms with van der Waals surface area (Å²) in [5.74, 6) is 1.35. The largest absolute Gasteiger partial charge is 0.351 e. The number of aliphatic imine (C=N–C) groups is 1. The Morgan fingerprint density at radius 1 is 1.17 bits per heavy atom. The zero-order valence-electron chi connectivity index (χ0n) is 16.1. The van der Waals surface area contributed by atoms with Crippen molar-refractivity contribution in [3.05, 3.63) is 12.2 Å². The summed E-state index contributed by atoms with van der Waals surface area (Å²) in [6.07, 6.45) is 14.9. The number of amidine groups is 1. The second kappa shape index (κ2) is 12.2. The van der Waals surface area contributed by atoms with Gasteiger partial charge in [0.25, 0.3) is 0 Å². The highest BCUT2D eigenvalue weighted by atomic mass is 16.1. The van der Waals surface area contributed by atoms with Gasteiger partial charge in [-0.25, -0.2) is 4.99 Å². The van der Waals surface area contributed by atoms with Crippen LogP contribution >= 0.6 is 0 Å². The van der Waals surface area contributed by atoms with Crippen LogP contribution in [0.15, 0.2) is 17.1 Å². The highest BCUT2D eigenvalue weighted by Gasteiger charge is 2.35. The first-order valence-corrected chi connectivity index (χ1v) is 9.94. The Bertz CT molecular complexity index is 417. The highest BCUT2D eigenvalue weighted by molar-refractivity contribution is 5.78. The Morgan fingerprint density at radius 3 is 2.62 bits per heavy atom. The normalized spacial score (nSPS) is 20.5. The fraction of sp³-hybridized carbons (Fsp3) is 0.800. The molecule has 0 saturated heterocycles. The van der Waals surface area contributed by atoms with Gasteiger partial charge < -0.3 is 5.32 Å². The van der Waals surface area contributed by atoms with Gasteiger partial charge in [-0.05, 0) is 19.8 Å². The number of nitrogens with zero attached hydrogens (tertiary/aromatic N) is 2. The lowest BCUT2D eigenvalue weighted by molar-refractivity contribution is -0.832. The van der Waals surface area contributed by atoms with Gasteiger partial charge >= 0.3 is 0 Å². The van der Waals surface area contributed by atoms with E-state index >= 15 is 0 Å². The summed E-state index contributed by atoms with van der Waals surface area (Å²) in [7, 11) is 0. The van der Waals surface area contributed by atoms with E-state index < -0.39 is 0 Å². The molecule has 0 aromatic heterocycles. The van der Waals surface area contributed by atoms with Gasteiger partial charge in [0.05, 0.1) is 26.1 Å². The van der Waals surface area contributed by atoms with Crippen molar-refractivity contribution < 1.29 is 9.28 Å². The van der Waals surface area contributed by atoms with E-state index in [9.17, 15) is 4.79 Å². The van der Waals surface area contributed by atoms with E-state index in [1.807, 2.05) is 0 Å². The molecular weight excluding hydrogens is 298 g/mol. The lowest BCUT2D eigenvalue weighted by atomic mass is 10.1. The van der Waals surface area contributed by atoms with Gasteiger partial charge in [-0.15, -0.1) is 0 Å². The molecule has 1 N–H and O–H groups in total. The van der Waals surface area contributed by atoms with Gasteiger partial charge in [-0.1, -0.05) is 51.2 Å². The molecular formula is C20H38N3O+. The first-order valence-electron chi connectivity index (χ1n) is 9.94. The number of amides is 1. The number of likely N-dealkylation sites (N-methyl/N-ethyl adjacent to an activating group) is 1. The lowest BCUT2D eigenvalue weighted by Crippen LogP contribution is -2.53. The maximum Gasteiger partial charge on any atom is 0.217 e. The minimum absolute atomic E-state index is 0.0563. The van der Waals surface area contributed by atoms with E-state index in [2.05, 4.69) is 31.3 Å². The van der Waals surface area contributed by atoms with Gasteiger partial charge in [0, 0.05) is 6.92 Å². The molecule has 0 aromatic rings. The molecule has 1 aliphatic rings. The van der Waals surface area contributed by atoms with Crippen LogP contribution in [0.3, 0.4) is 0 Å². The average molecular weight is 337 g/mol. The molecule has 0 aromatic carbocycles. The molecule has 138 valence electrons. The molecule has 1 heterocycles. The number of carbonyl (C=O) groups excluding carboxylic acids is 1. The molecule has 0 saturated carbocycles. The van der Waals surface area contributed by atoms with Crippen molar-refractivity contribution in [1.82, 2.24) is 5.32 Å². The molecule has 24 heavy (non-hydrogen) atoms. The molecule has 0 bridgehead atoms. The van der Waals surface area contributed by atoms with Crippen LogP contribution in [0.5, 0.6) is 0 Å². The number of quaternary nitrogens is 1. The van der Waals surface area contributed by atoms with Crippen LogP contribution in [-0.2, 0) is 4.79 Å². The Kier molecular flexibility index (Phi) is 10.6. The zero-order chi connectivity index (χ0) is 17.7. The molecule has 0 aliphatic carbocycles. The van der Waals surface area contributed by atoms with Gasteiger partial charge in [-0.2, -0.15) is 0 Å². The number of nitrogens with one attached hydrogen (secondary N) is 1. The molecule has 4 heteroatoms. The Hall–Kier alpha value is -1.16. The zero-order valence-corrected chi connectivity index (χ0v) is 16.1. The van der Waals surface area contributed by atoms with E-state index in [4.69, 9.17) is 4.99 Å². The van der Waals surface area contributed by atoms with E-state index in [0.717, 1.165) is 43.6 Å². The fourth-order valence-electron chi connectivity index (χ4n) is 3.44. The summed E-state index contributed by atoms with van der Waals surface area (Å²) in [5, 5.41) is 2.93. The summed E-state index contributed by atoms with van der Waals surface area (Å²) < 4.78 is 0.946. The third-order valence-corrected chi connectivity index (χ3v) is 5.08. The third-order valence-electron chi connectivity index (χ3n) is 5.08. The van der Waals surface area contributed by atoms with Crippen molar-refractivity contribution in [2.45, 2.75) is 72.1 Å². The smallest absolute Gasteiger partial charge is 0.217 e. The van der Waals surface area contributed by atoms with Crippen molar-refractivity contribution in [1.29, 1.82) is 0 Å². The van der Waals surface area contributed by atoms with Crippen molar-refractivity contribution in [3.63, 3.8) is 0 Å². The average Bonchev–Trinajstić information content (AvgIpc) is 2.96. The number of carbonyl (C=O) groups is 1. The molecule has 1 aliphatic heterocycles. The first-order chi connectivity index (χ1) is 11.6. The molecule has 4 nitrogen and oxygen atoms in total. The summed E-state index contributed by atoms with van der Waals surface area (Å²) in [6, 6.07) is 0. The number of allylic oxidation sites excluding steroid dienone is 1. The van der Waals surface area contributed by atoms with Crippen molar-refractivity contribution in [3.8, 4) is 0 Å². The monoisotopic (exact) mass is 336 g/mol. The summed E-state index contributed by atoms with van der Waals surface area (Å²) in [4.78, 5) is 15.8. The third kappa shape index (κ3) is 7.61. The maximum absolute atomic E-state index is 11.1. The minimum atomic E-state index is 0.0563. The van der Waals surface area contributed by atoms with Crippen LogP contribution in [0.2, 0.25) is 0 Å². The van der Waals surface area contributed by atoms with Gasteiger partial charge in [0.15, 0.2) is 0 Å². The summed E-state index contributed by atoms with van der Waals surface area (Å²) >= 11 is 0. The van der Waals surface area contributed by atoms with Gasteiger partial charge in [-0.3, -0.25) is 9.28 Å². The number of rotatable bonds is 13. The molecule has 0 spiro atoms. The van der Waals surface area contributed by atoms with Crippen LogP contribution in [-0.4, -0.2) is 48.9 Å². The number of hydrogen-bond donors (Lipinski definition) is 1. The van der Waals surface area contributed by atoms with Crippen LogP contribution in [0.4, 0.5) is 0 Å². The fourth-order valence-corrected chi connectivity index (χ4v) is 3.44. The van der Waals surface area contributed by atoms with E-state index in [1.165, 1.54) is 50.8 Å². The van der Waals surface area contributed by atoms with Gasteiger partial charge in [0.1, 0.15) is 13.1 Å². The summed E-state index contributed by atoms with van der Waals surface area (Å²) in [6.45, 7) is 10.8. The molecule has 1 unspecified atom stereocenters. The second-order valence-corrected chi connectivity index (χ2v) is 6.92. The van der Waals surface area contributed by atoms with E-state index in [-0.39, 0.29) is 5.91 Å². The van der Waals surface area contributed by atoms with Crippen LogP contribution in [0.1, 0.15) is 72.1 Å². The molecule has 0 radical (unpaired) electrons. The molecule has 1 rings (SSSR count). The Labute approximate surface area is 149 Å². The minimum Gasteiger partial charge on any atom is -0.351 e. The van der Waals surface area contributed by atoms with Crippen LogP contribution < -0.4 is 5.32 Å². The Morgan fingerprint density at radius 2 is 1.92 bits per heavy atom. The molecule has 1 amide bonds. The number of hydrogen-bond acceptors (Lipinski definition) is 2. The van der Waals surface area contributed by atoms with E-state index in [1.54, 1.807) is 6.92 Å². The first kappa shape index (κ1) is 20.9. The van der Waals surface area contributed by atoms with Crippen LogP contribution in [0, 0.1) is 0 Å². The Balaban J connectivity index is 2.28. The topological polar surface area (TPSA) is 41.5 Å². The summed E-state index contributed by atoms with van der Waals surface area (Å²) in [5.41, 5.74) is 0. The van der Waals surface area contributed by atoms with Crippen LogP contribution in [0.25, 0.3) is 0 Å². The standard InChI is InChI=1S/C20H37N3O/c1-4-6-7-8-9-10-11-12-13-14-20-22-16-18-23(20,5-2)17-15-21-19(3)24/h12-13H,4-11,14-18H2,1-3H3/p+1/b13-12+.